The van der Waals surface area contributed by atoms with E-state index >= 15 is 0 Å². The number of benzene rings is 1. The Kier molecular flexibility index (Phi) is 5.25. The van der Waals surface area contributed by atoms with Gasteiger partial charge in [-0.05, 0) is 49.8 Å². The molecule has 3 saturated heterocycles. The number of nitrogens with zero attached hydrogens (tertiary/aromatic N) is 4. The lowest BCUT2D eigenvalue weighted by Crippen LogP contribution is -2.57. The third-order valence-corrected chi connectivity index (χ3v) is 8.57. The first-order valence-corrected chi connectivity index (χ1v) is 12.8. The number of piperazine rings is 1. The van der Waals surface area contributed by atoms with Crippen molar-refractivity contribution in [2.24, 2.45) is 16.8 Å². The number of fused-ring (bicyclic) bond motifs is 3. The summed E-state index contributed by atoms with van der Waals surface area (Å²) < 4.78 is 23.4. The van der Waals surface area contributed by atoms with Crippen molar-refractivity contribution in [3.63, 3.8) is 0 Å². The molecule has 0 radical (unpaired) electrons. The minimum Gasteiger partial charge on any atom is -0.330 e. The van der Waals surface area contributed by atoms with Crippen molar-refractivity contribution in [2.45, 2.75) is 67.3 Å². The van der Waals surface area contributed by atoms with E-state index in [1.807, 2.05) is 11.8 Å². The predicted molar refractivity (Wildman–Crippen MR) is 118 cm³/mol. The Morgan fingerprint density at radius 1 is 1.30 bits per heavy atom. The molecule has 3 heterocycles. The molecule has 176 valence electrons. The van der Waals surface area contributed by atoms with Gasteiger partial charge in [0, 0.05) is 25.2 Å². The lowest BCUT2D eigenvalue weighted by molar-refractivity contribution is -0.141. The maximum Gasteiger partial charge on any atom is 0.242 e. The molecule has 3 aliphatic heterocycles. The van der Waals surface area contributed by atoms with Crippen molar-refractivity contribution in [1.82, 2.24) is 14.7 Å². The Bertz CT molecular complexity index is 1150. The van der Waals surface area contributed by atoms with E-state index in [2.05, 4.69) is 6.07 Å². The smallest absolute Gasteiger partial charge is 0.242 e. The zero-order valence-corrected chi connectivity index (χ0v) is 19.2. The first-order valence-electron chi connectivity index (χ1n) is 11.3. The fourth-order valence-corrected chi connectivity index (χ4v) is 6.49. The number of nitriles is 1. The van der Waals surface area contributed by atoms with Crippen LogP contribution in [-0.2, 0) is 19.6 Å². The number of rotatable bonds is 6. The average molecular weight is 473 g/mol. The second-order valence-corrected chi connectivity index (χ2v) is 11.3. The molecule has 1 aliphatic carbocycles. The van der Waals surface area contributed by atoms with Crippen molar-refractivity contribution in [2.75, 3.05) is 13.1 Å². The molecule has 1 saturated carbocycles. The van der Waals surface area contributed by atoms with Gasteiger partial charge < -0.3 is 15.5 Å². The zero-order chi connectivity index (χ0) is 23.7. The highest BCUT2D eigenvalue weighted by atomic mass is 32.2. The van der Waals surface area contributed by atoms with E-state index in [9.17, 15) is 23.3 Å². The van der Waals surface area contributed by atoms with Crippen LogP contribution >= 0.6 is 0 Å². The van der Waals surface area contributed by atoms with Gasteiger partial charge in [0.05, 0.1) is 29.1 Å². The number of nitrogens with two attached hydrogens (primary N) is 2. The first-order chi connectivity index (χ1) is 15.6. The van der Waals surface area contributed by atoms with Crippen molar-refractivity contribution in [1.29, 1.82) is 5.26 Å². The van der Waals surface area contributed by atoms with E-state index in [0.717, 1.165) is 12.8 Å². The Hall–Kier alpha value is -2.52. The number of primary sulfonamides is 1. The molecule has 10 nitrogen and oxygen atoms in total. The van der Waals surface area contributed by atoms with Crippen LogP contribution in [0.1, 0.15) is 37.8 Å². The maximum absolute atomic E-state index is 13.2. The molecule has 33 heavy (non-hydrogen) atoms. The third kappa shape index (κ3) is 3.71. The molecule has 0 spiro atoms. The molecule has 7 atom stereocenters. The summed E-state index contributed by atoms with van der Waals surface area (Å²) in [4.78, 5) is 31.6. The molecule has 4 N–H and O–H groups in total. The van der Waals surface area contributed by atoms with Crippen LogP contribution in [0.15, 0.2) is 29.2 Å². The normalized spacial score (nSPS) is 32.5. The van der Waals surface area contributed by atoms with Gasteiger partial charge in [-0.2, -0.15) is 5.26 Å². The van der Waals surface area contributed by atoms with Crippen LogP contribution in [0.25, 0.3) is 0 Å². The molecule has 11 heteroatoms. The largest absolute Gasteiger partial charge is 0.330 e. The Morgan fingerprint density at radius 2 is 2.06 bits per heavy atom. The van der Waals surface area contributed by atoms with Crippen LogP contribution in [0, 0.1) is 17.2 Å². The quantitative estimate of drug-likeness (QED) is 0.567. The molecule has 2 bridgehead atoms. The second-order valence-electron chi connectivity index (χ2n) is 9.69. The van der Waals surface area contributed by atoms with Crippen LogP contribution in [0.2, 0.25) is 0 Å². The van der Waals surface area contributed by atoms with E-state index in [-0.39, 0.29) is 47.4 Å². The molecule has 4 fully saturated rings. The summed E-state index contributed by atoms with van der Waals surface area (Å²) in [7, 11) is -3.83. The lowest BCUT2D eigenvalue weighted by atomic mass is 10.1. The summed E-state index contributed by atoms with van der Waals surface area (Å²) in [5, 5.41) is 14.6. The van der Waals surface area contributed by atoms with Crippen LogP contribution in [0.3, 0.4) is 0 Å². The van der Waals surface area contributed by atoms with Gasteiger partial charge in [-0.15, -0.1) is 0 Å². The summed E-state index contributed by atoms with van der Waals surface area (Å²) in [6, 6.07) is 6.86. The van der Waals surface area contributed by atoms with Crippen LogP contribution in [-0.4, -0.2) is 78.2 Å². The van der Waals surface area contributed by atoms with Gasteiger partial charge in [0.2, 0.25) is 21.8 Å². The number of likely N-dealkylation sites (tertiary alicyclic amines) is 3. The van der Waals surface area contributed by atoms with Crippen molar-refractivity contribution >= 4 is 21.8 Å². The van der Waals surface area contributed by atoms with E-state index in [1.165, 1.54) is 12.1 Å². The summed E-state index contributed by atoms with van der Waals surface area (Å²) in [5.74, 6) is 0.183. The fraction of sp³-hybridized carbons (Fsp3) is 0.591. The topological polar surface area (TPSA) is 154 Å². The van der Waals surface area contributed by atoms with Gasteiger partial charge >= 0.3 is 0 Å². The standard InChI is InChI=1S/C22H28N6O4S/c1-12(13-3-2-4-17(6-13)33(25,31)32)27-16-8-20(22(27)30)26(10-16)11-18(24)21(29)28-15(9-23)5-14-7-19(14)28/h2-4,6,12,14-16,18-20H,5,7-8,10-11,24H2,1H3,(H2,25,31,32)/t12-,14+,15-,16?,18-,19-,20-/m0/s1. The van der Waals surface area contributed by atoms with E-state index in [4.69, 9.17) is 10.9 Å². The minimum absolute atomic E-state index is 0.0188. The lowest BCUT2D eigenvalue weighted by Gasteiger charge is -2.38. The highest BCUT2D eigenvalue weighted by Crippen LogP contribution is 2.48. The van der Waals surface area contributed by atoms with Gasteiger partial charge in [-0.25, -0.2) is 13.6 Å². The van der Waals surface area contributed by atoms with Crippen molar-refractivity contribution in [3.05, 3.63) is 29.8 Å². The van der Waals surface area contributed by atoms with Gasteiger partial charge in [-0.1, -0.05) is 12.1 Å². The Morgan fingerprint density at radius 3 is 2.73 bits per heavy atom. The van der Waals surface area contributed by atoms with E-state index in [1.54, 1.807) is 21.9 Å². The molecule has 2 amide bonds. The number of carbonyl (C=O) groups excluding carboxylic acids is 2. The SMILES string of the molecule is C[C@@H](c1cccc(S(N)(=O)=O)c1)N1C(=O)[C@@H]2CC1CN2C[C@H](N)C(=O)N1[C@H](C#N)C[C@@H]2C[C@@H]21. The van der Waals surface area contributed by atoms with Gasteiger partial charge in [0.15, 0.2) is 0 Å². The van der Waals surface area contributed by atoms with Gasteiger partial charge in [-0.3, -0.25) is 14.5 Å². The van der Waals surface area contributed by atoms with E-state index < -0.39 is 22.1 Å². The first kappa shape index (κ1) is 22.3. The number of hydrogen-bond acceptors (Lipinski definition) is 7. The molecule has 1 aromatic rings. The molecule has 1 unspecified atom stereocenters. The third-order valence-electron chi connectivity index (χ3n) is 7.66. The Labute approximate surface area is 193 Å². The highest BCUT2D eigenvalue weighted by molar-refractivity contribution is 7.89. The van der Waals surface area contributed by atoms with Gasteiger partial charge in [0.25, 0.3) is 0 Å². The zero-order valence-electron chi connectivity index (χ0n) is 18.4. The molecule has 0 aromatic heterocycles. The summed E-state index contributed by atoms with van der Waals surface area (Å²) in [6.45, 7) is 2.76. The number of piperidine rings is 1. The summed E-state index contributed by atoms with van der Waals surface area (Å²) >= 11 is 0. The molecule has 4 aliphatic rings. The average Bonchev–Trinajstić information content (AvgIpc) is 3.11. The minimum atomic E-state index is -3.83. The van der Waals surface area contributed by atoms with Gasteiger partial charge in [0.1, 0.15) is 6.04 Å². The van der Waals surface area contributed by atoms with Crippen molar-refractivity contribution < 1.29 is 18.0 Å². The monoisotopic (exact) mass is 472 g/mol. The number of hydrogen-bond donors (Lipinski definition) is 2. The van der Waals surface area contributed by atoms with E-state index in [0.29, 0.717) is 24.4 Å². The molecule has 1 aromatic carbocycles. The predicted octanol–water partition coefficient (Wildman–Crippen LogP) is -0.480. The summed E-state index contributed by atoms with van der Waals surface area (Å²) in [6.07, 6.45) is 2.32. The molecule has 5 rings (SSSR count). The number of carbonyl (C=O) groups is 2. The number of sulfonamides is 1. The summed E-state index contributed by atoms with van der Waals surface area (Å²) in [5.41, 5.74) is 6.96. The van der Waals surface area contributed by atoms with Crippen LogP contribution < -0.4 is 10.9 Å². The van der Waals surface area contributed by atoms with Crippen LogP contribution in [0.4, 0.5) is 0 Å². The Balaban J connectivity index is 1.25. The highest BCUT2D eigenvalue weighted by Gasteiger charge is 2.56. The van der Waals surface area contributed by atoms with Crippen LogP contribution in [0.5, 0.6) is 0 Å². The molecular formula is C22H28N6O4S. The van der Waals surface area contributed by atoms with Crippen molar-refractivity contribution in [3.8, 4) is 6.07 Å². The number of amides is 2. The fourth-order valence-electron chi connectivity index (χ4n) is 5.92. The maximum atomic E-state index is 13.2. The molecular weight excluding hydrogens is 444 g/mol. The second kappa shape index (κ2) is 7.77.